The Labute approximate surface area is 128 Å². The highest BCUT2D eigenvalue weighted by molar-refractivity contribution is 5.97. The Morgan fingerprint density at radius 3 is 2.50 bits per heavy atom. The third-order valence-electron chi connectivity index (χ3n) is 3.23. The average molecular weight is 299 g/mol. The number of aryl methyl sites for hydroxylation is 2. The first kappa shape index (κ1) is 15.6. The van der Waals surface area contributed by atoms with Crippen LogP contribution >= 0.6 is 0 Å². The first-order valence-electron chi connectivity index (χ1n) is 6.85. The molecule has 1 amide bonds. The number of rotatable bonds is 5. The molecular formula is C16H17N3O3. The first-order valence-corrected chi connectivity index (χ1v) is 6.85. The van der Waals surface area contributed by atoms with Gasteiger partial charge < -0.3 is 10.4 Å². The summed E-state index contributed by atoms with van der Waals surface area (Å²) in [5.41, 5.74) is 1.64. The van der Waals surface area contributed by atoms with Crippen molar-refractivity contribution in [2.45, 2.75) is 26.3 Å². The van der Waals surface area contributed by atoms with E-state index >= 15 is 0 Å². The Morgan fingerprint density at radius 2 is 1.91 bits per heavy atom. The maximum Gasteiger partial charge on any atom is 0.326 e. The van der Waals surface area contributed by atoms with E-state index in [2.05, 4.69) is 15.3 Å². The maximum atomic E-state index is 12.2. The molecule has 1 aromatic carbocycles. The molecule has 0 unspecified atom stereocenters. The molecule has 2 rings (SSSR count). The number of carboxylic acid groups (broad SMARTS) is 1. The molecule has 0 radical (unpaired) electrons. The Bertz CT molecular complexity index is 686. The predicted molar refractivity (Wildman–Crippen MR) is 80.5 cm³/mol. The molecule has 0 saturated heterocycles. The van der Waals surface area contributed by atoms with Crippen LogP contribution in [-0.2, 0) is 11.2 Å². The molecule has 1 aromatic heterocycles. The molecule has 1 heterocycles. The second-order valence-corrected chi connectivity index (χ2v) is 4.97. The van der Waals surface area contributed by atoms with Crippen molar-refractivity contribution < 1.29 is 14.7 Å². The Morgan fingerprint density at radius 1 is 1.23 bits per heavy atom. The highest BCUT2D eigenvalue weighted by Crippen LogP contribution is 2.07. The van der Waals surface area contributed by atoms with Crippen LogP contribution in [0.5, 0.6) is 0 Å². The van der Waals surface area contributed by atoms with Gasteiger partial charge in [0.15, 0.2) is 0 Å². The molecule has 2 aromatic rings. The molecule has 1 atom stereocenters. The van der Waals surface area contributed by atoms with Gasteiger partial charge in [-0.2, -0.15) is 0 Å². The molecule has 0 bridgehead atoms. The van der Waals surface area contributed by atoms with Crippen molar-refractivity contribution in [3.8, 4) is 0 Å². The van der Waals surface area contributed by atoms with Gasteiger partial charge in [0.05, 0.1) is 11.3 Å². The van der Waals surface area contributed by atoms with Crippen LogP contribution in [0.25, 0.3) is 0 Å². The lowest BCUT2D eigenvalue weighted by molar-refractivity contribution is -0.139. The number of nitrogens with zero attached hydrogens (tertiary/aromatic N) is 2. The topological polar surface area (TPSA) is 92.2 Å². The van der Waals surface area contributed by atoms with E-state index in [-0.39, 0.29) is 12.0 Å². The third-order valence-corrected chi connectivity index (χ3v) is 3.23. The van der Waals surface area contributed by atoms with Crippen LogP contribution in [0.2, 0.25) is 0 Å². The van der Waals surface area contributed by atoms with Crippen LogP contribution < -0.4 is 5.32 Å². The molecule has 22 heavy (non-hydrogen) atoms. The first-order chi connectivity index (χ1) is 10.5. The summed E-state index contributed by atoms with van der Waals surface area (Å²) >= 11 is 0. The van der Waals surface area contributed by atoms with E-state index < -0.39 is 17.9 Å². The van der Waals surface area contributed by atoms with E-state index in [1.165, 1.54) is 6.20 Å². The molecular weight excluding hydrogens is 282 g/mol. The quantitative estimate of drug-likeness (QED) is 0.873. The van der Waals surface area contributed by atoms with E-state index in [4.69, 9.17) is 0 Å². The summed E-state index contributed by atoms with van der Waals surface area (Å²) in [5.74, 6) is -1.00. The Kier molecular flexibility index (Phi) is 4.83. The lowest BCUT2D eigenvalue weighted by Crippen LogP contribution is -2.42. The fourth-order valence-corrected chi connectivity index (χ4v) is 2.09. The van der Waals surface area contributed by atoms with Gasteiger partial charge in [0, 0.05) is 12.6 Å². The predicted octanol–water partition coefficient (Wildman–Crippen LogP) is 1.52. The highest BCUT2D eigenvalue weighted by Gasteiger charge is 2.22. The summed E-state index contributed by atoms with van der Waals surface area (Å²) in [4.78, 5) is 31.7. The van der Waals surface area contributed by atoms with Gasteiger partial charge in [0.2, 0.25) is 0 Å². The molecule has 0 spiro atoms. The Balaban J connectivity index is 2.14. The number of amides is 1. The number of nitrogens with one attached hydrogen (secondary N) is 1. The number of aromatic nitrogens is 2. The monoisotopic (exact) mass is 299 g/mol. The summed E-state index contributed by atoms with van der Waals surface area (Å²) in [5, 5.41) is 11.8. The van der Waals surface area contributed by atoms with Gasteiger partial charge >= 0.3 is 5.97 Å². The minimum Gasteiger partial charge on any atom is -0.480 e. The molecule has 0 saturated carbocycles. The molecule has 0 aliphatic carbocycles. The van der Waals surface area contributed by atoms with E-state index in [1.54, 1.807) is 13.8 Å². The van der Waals surface area contributed by atoms with Crippen molar-refractivity contribution in [1.29, 1.82) is 0 Å². The molecule has 6 heteroatoms. The highest BCUT2D eigenvalue weighted by atomic mass is 16.4. The molecule has 2 N–H and O–H groups in total. The van der Waals surface area contributed by atoms with Gasteiger partial charge in [-0.15, -0.1) is 0 Å². The standard InChI is InChI=1S/C16H17N3O3/c1-10-13(9-17-11(2)18-10)15(20)19-14(16(21)22)8-12-6-4-3-5-7-12/h3-7,9,14H,8H2,1-2H3,(H,19,20)(H,21,22)/t14-/m0/s1. The number of aliphatic carboxylic acids is 1. The van der Waals surface area contributed by atoms with Crippen molar-refractivity contribution in [3.63, 3.8) is 0 Å². The van der Waals surface area contributed by atoms with Crippen molar-refractivity contribution in [2.24, 2.45) is 0 Å². The van der Waals surface area contributed by atoms with Crippen LogP contribution in [0.1, 0.15) is 27.4 Å². The SMILES string of the molecule is Cc1ncc(C(=O)N[C@@H](Cc2ccccc2)C(=O)O)c(C)n1. The van der Waals surface area contributed by atoms with Gasteiger partial charge in [-0.25, -0.2) is 14.8 Å². The van der Waals surface area contributed by atoms with Crippen LogP contribution in [0.4, 0.5) is 0 Å². The number of carbonyl (C=O) groups is 2. The zero-order valence-corrected chi connectivity index (χ0v) is 12.4. The van der Waals surface area contributed by atoms with Crippen LogP contribution in [-0.4, -0.2) is 33.0 Å². The normalized spacial score (nSPS) is 11.7. The van der Waals surface area contributed by atoms with Crippen molar-refractivity contribution >= 4 is 11.9 Å². The molecule has 0 aliphatic heterocycles. The maximum absolute atomic E-state index is 12.2. The van der Waals surface area contributed by atoms with Crippen molar-refractivity contribution in [3.05, 3.63) is 59.2 Å². The van der Waals surface area contributed by atoms with Gasteiger partial charge in [-0.1, -0.05) is 30.3 Å². The second kappa shape index (κ2) is 6.80. The fourth-order valence-electron chi connectivity index (χ4n) is 2.09. The van der Waals surface area contributed by atoms with Gasteiger partial charge in [0.1, 0.15) is 11.9 Å². The van der Waals surface area contributed by atoms with E-state index in [0.717, 1.165) is 5.56 Å². The third kappa shape index (κ3) is 3.88. The second-order valence-electron chi connectivity index (χ2n) is 4.97. The smallest absolute Gasteiger partial charge is 0.326 e. The zero-order valence-electron chi connectivity index (χ0n) is 12.4. The molecule has 0 fully saturated rings. The van der Waals surface area contributed by atoms with Crippen molar-refractivity contribution in [2.75, 3.05) is 0 Å². The summed E-state index contributed by atoms with van der Waals surface area (Å²) in [6, 6.07) is 8.15. The molecule has 0 aliphatic rings. The van der Waals surface area contributed by atoms with Gasteiger partial charge in [-0.3, -0.25) is 4.79 Å². The lowest BCUT2D eigenvalue weighted by Gasteiger charge is -2.15. The number of hydrogen-bond donors (Lipinski definition) is 2. The molecule has 114 valence electrons. The number of hydrogen-bond acceptors (Lipinski definition) is 4. The Hall–Kier alpha value is -2.76. The van der Waals surface area contributed by atoms with Crippen LogP contribution in [0, 0.1) is 13.8 Å². The van der Waals surface area contributed by atoms with Crippen molar-refractivity contribution in [1.82, 2.24) is 15.3 Å². The summed E-state index contributed by atoms with van der Waals surface area (Å²) in [7, 11) is 0. The number of carbonyl (C=O) groups excluding carboxylic acids is 1. The van der Waals surface area contributed by atoms with E-state index in [1.807, 2.05) is 30.3 Å². The fraction of sp³-hybridized carbons (Fsp3) is 0.250. The van der Waals surface area contributed by atoms with Crippen LogP contribution in [0.3, 0.4) is 0 Å². The summed E-state index contributed by atoms with van der Waals surface area (Å²) < 4.78 is 0. The largest absolute Gasteiger partial charge is 0.480 e. The summed E-state index contributed by atoms with van der Waals surface area (Å²) in [6.45, 7) is 3.42. The molecule has 6 nitrogen and oxygen atoms in total. The lowest BCUT2D eigenvalue weighted by atomic mass is 10.1. The zero-order chi connectivity index (χ0) is 16.1. The minimum atomic E-state index is -1.08. The van der Waals surface area contributed by atoms with Gasteiger partial charge in [-0.05, 0) is 19.4 Å². The average Bonchev–Trinajstić information content (AvgIpc) is 2.47. The van der Waals surface area contributed by atoms with Crippen LogP contribution in [0.15, 0.2) is 36.5 Å². The number of carboxylic acids is 1. The van der Waals surface area contributed by atoms with E-state index in [0.29, 0.717) is 11.5 Å². The number of benzene rings is 1. The van der Waals surface area contributed by atoms with Gasteiger partial charge in [0.25, 0.3) is 5.91 Å². The summed E-state index contributed by atoms with van der Waals surface area (Å²) in [6.07, 6.45) is 1.63. The minimum absolute atomic E-state index is 0.216. The van der Waals surface area contributed by atoms with E-state index in [9.17, 15) is 14.7 Å².